The lowest BCUT2D eigenvalue weighted by Gasteiger charge is -2.36. The Bertz CT molecular complexity index is 358. The molecule has 0 radical (unpaired) electrons. The minimum atomic E-state index is 0.761. The predicted octanol–water partition coefficient (Wildman–Crippen LogP) is 4.98. The first-order chi connectivity index (χ1) is 9.69. The van der Waals surface area contributed by atoms with E-state index in [0.29, 0.717) is 0 Å². The van der Waals surface area contributed by atoms with Gasteiger partial charge in [-0.05, 0) is 78.4 Å². The van der Waals surface area contributed by atoms with Crippen LogP contribution in [0.25, 0.3) is 0 Å². The van der Waals surface area contributed by atoms with Crippen LogP contribution in [0.2, 0.25) is 0 Å². The molecule has 0 spiro atoms. The maximum absolute atomic E-state index is 3.70. The van der Waals surface area contributed by atoms with E-state index in [1.54, 1.807) is 5.56 Å². The van der Waals surface area contributed by atoms with Gasteiger partial charge in [-0.15, -0.1) is 0 Å². The van der Waals surface area contributed by atoms with Gasteiger partial charge in [-0.2, -0.15) is 11.3 Å². The van der Waals surface area contributed by atoms with E-state index >= 15 is 0 Å². The highest BCUT2D eigenvalue weighted by atomic mass is 32.1. The van der Waals surface area contributed by atoms with Gasteiger partial charge in [0.25, 0.3) is 0 Å². The Morgan fingerprint density at radius 3 is 2.80 bits per heavy atom. The monoisotopic (exact) mass is 293 g/mol. The zero-order valence-corrected chi connectivity index (χ0v) is 14.2. The van der Waals surface area contributed by atoms with Gasteiger partial charge in [0.2, 0.25) is 0 Å². The lowest BCUT2D eigenvalue weighted by Crippen LogP contribution is -2.35. The van der Waals surface area contributed by atoms with Crippen molar-refractivity contribution in [3.05, 3.63) is 22.4 Å². The zero-order valence-electron chi connectivity index (χ0n) is 13.4. The van der Waals surface area contributed by atoms with Gasteiger partial charge < -0.3 is 5.32 Å². The fraction of sp³-hybridized carbons (Fsp3) is 0.778. The highest BCUT2D eigenvalue weighted by Crippen LogP contribution is 2.37. The molecule has 0 amide bonds. The van der Waals surface area contributed by atoms with Crippen LogP contribution in [0.4, 0.5) is 0 Å². The SMILES string of the molecule is CCC1CCC(CNCC(C)C)C(Cc2ccsc2)C1. The Morgan fingerprint density at radius 2 is 2.15 bits per heavy atom. The first-order valence-electron chi connectivity index (χ1n) is 8.40. The van der Waals surface area contributed by atoms with Gasteiger partial charge in [-0.1, -0.05) is 33.6 Å². The second-order valence-electron chi connectivity index (χ2n) is 7.00. The maximum atomic E-state index is 3.70. The Hall–Kier alpha value is -0.340. The number of thiophene rings is 1. The van der Waals surface area contributed by atoms with Gasteiger partial charge >= 0.3 is 0 Å². The van der Waals surface area contributed by atoms with E-state index in [1.807, 2.05) is 11.3 Å². The van der Waals surface area contributed by atoms with Gasteiger partial charge in [-0.25, -0.2) is 0 Å². The molecular weight excluding hydrogens is 262 g/mol. The Kier molecular flexibility index (Phi) is 6.57. The second-order valence-corrected chi connectivity index (χ2v) is 7.78. The number of hydrogen-bond donors (Lipinski definition) is 1. The van der Waals surface area contributed by atoms with Crippen molar-refractivity contribution in [1.29, 1.82) is 0 Å². The third-order valence-corrected chi connectivity index (χ3v) is 5.59. The molecule has 20 heavy (non-hydrogen) atoms. The summed E-state index contributed by atoms with van der Waals surface area (Å²) in [6, 6.07) is 2.32. The smallest absolute Gasteiger partial charge is 0.00176 e. The van der Waals surface area contributed by atoms with Crippen LogP contribution in [0.1, 0.15) is 52.0 Å². The van der Waals surface area contributed by atoms with Crippen LogP contribution in [0.5, 0.6) is 0 Å². The third kappa shape index (κ3) is 4.89. The summed E-state index contributed by atoms with van der Waals surface area (Å²) >= 11 is 1.84. The van der Waals surface area contributed by atoms with Gasteiger partial charge in [0.1, 0.15) is 0 Å². The summed E-state index contributed by atoms with van der Waals surface area (Å²) in [5.41, 5.74) is 1.56. The van der Waals surface area contributed by atoms with E-state index in [4.69, 9.17) is 0 Å². The number of hydrogen-bond acceptors (Lipinski definition) is 2. The van der Waals surface area contributed by atoms with Crippen molar-refractivity contribution >= 4 is 11.3 Å². The van der Waals surface area contributed by atoms with Crippen molar-refractivity contribution in [3.63, 3.8) is 0 Å². The van der Waals surface area contributed by atoms with Crippen LogP contribution in [0.15, 0.2) is 16.8 Å². The van der Waals surface area contributed by atoms with E-state index in [9.17, 15) is 0 Å². The van der Waals surface area contributed by atoms with E-state index in [0.717, 1.165) is 23.7 Å². The molecule has 1 heterocycles. The molecule has 1 aliphatic carbocycles. The lowest BCUT2D eigenvalue weighted by molar-refractivity contribution is 0.170. The average molecular weight is 294 g/mol. The van der Waals surface area contributed by atoms with Gasteiger partial charge in [0.15, 0.2) is 0 Å². The van der Waals surface area contributed by atoms with Crippen LogP contribution in [-0.2, 0) is 6.42 Å². The summed E-state index contributed by atoms with van der Waals surface area (Å²) < 4.78 is 0. The Morgan fingerprint density at radius 1 is 1.30 bits per heavy atom. The largest absolute Gasteiger partial charge is 0.316 e. The minimum absolute atomic E-state index is 0.761. The van der Waals surface area contributed by atoms with E-state index in [-0.39, 0.29) is 0 Å². The lowest BCUT2D eigenvalue weighted by atomic mass is 9.71. The first kappa shape index (κ1) is 16.0. The molecule has 3 atom stereocenters. The molecule has 1 N–H and O–H groups in total. The molecule has 1 aromatic heterocycles. The van der Waals surface area contributed by atoms with Crippen LogP contribution in [0, 0.1) is 23.7 Å². The molecule has 1 saturated carbocycles. The van der Waals surface area contributed by atoms with E-state index in [1.165, 1.54) is 45.2 Å². The third-order valence-electron chi connectivity index (χ3n) is 4.86. The summed E-state index contributed by atoms with van der Waals surface area (Å²) in [6.07, 6.45) is 6.99. The molecule has 0 aromatic carbocycles. The molecule has 2 rings (SSSR count). The summed E-state index contributed by atoms with van der Waals surface area (Å²) in [6.45, 7) is 9.35. The van der Waals surface area contributed by atoms with Crippen molar-refractivity contribution in [2.75, 3.05) is 13.1 Å². The second kappa shape index (κ2) is 8.19. The molecular formula is C18H31NS. The van der Waals surface area contributed by atoms with E-state index in [2.05, 4.69) is 42.9 Å². The summed E-state index contributed by atoms with van der Waals surface area (Å²) in [4.78, 5) is 0. The highest BCUT2D eigenvalue weighted by molar-refractivity contribution is 7.07. The van der Waals surface area contributed by atoms with Crippen molar-refractivity contribution in [3.8, 4) is 0 Å². The topological polar surface area (TPSA) is 12.0 Å². The van der Waals surface area contributed by atoms with Crippen molar-refractivity contribution in [1.82, 2.24) is 5.32 Å². The Balaban J connectivity index is 1.89. The molecule has 2 heteroatoms. The molecule has 1 aliphatic rings. The van der Waals surface area contributed by atoms with Crippen LogP contribution in [-0.4, -0.2) is 13.1 Å². The molecule has 1 fully saturated rings. The standard InChI is InChI=1S/C18H31NS/c1-4-15-5-6-17(12-19-11-14(2)3)18(9-15)10-16-7-8-20-13-16/h7-8,13-15,17-19H,4-6,9-12H2,1-3H3. The van der Waals surface area contributed by atoms with Crippen molar-refractivity contribution < 1.29 is 0 Å². The molecule has 0 saturated heterocycles. The predicted molar refractivity (Wildman–Crippen MR) is 90.3 cm³/mol. The minimum Gasteiger partial charge on any atom is -0.316 e. The molecule has 114 valence electrons. The van der Waals surface area contributed by atoms with Gasteiger partial charge in [0.05, 0.1) is 0 Å². The summed E-state index contributed by atoms with van der Waals surface area (Å²) in [5.74, 6) is 3.51. The molecule has 3 unspecified atom stereocenters. The average Bonchev–Trinajstić information content (AvgIpc) is 2.93. The normalized spacial score (nSPS) is 27.1. The van der Waals surface area contributed by atoms with Crippen LogP contribution < -0.4 is 5.32 Å². The van der Waals surface area contributed by atoms with Crippen LogP contribution >= 0.6 is 11.3 Å². The molecule has 1 nitrogen and oxygen atoms in total. The van der Waals surface area contributed by atoms with E-state index < -0.39 is 0 Å². The van der Waals surface area contributed by atoms with Gasteiger partial charge in [-0.3, -0.25) is 0 Å². The quantitative estimate of drug-likeness (QED) is 0.747. The Labute approximate surface area is 129 Å². The summed E-state index contributed by atoms with van der Waals surface area (Å²) in [7, 11) is 0. The van der Waals surface area contributed by atoms with Crippen molar-refractivity contribution in [2.45, 2.75) is 52.9 Å². The van der Waals surface area contributed by atoms with Gasteiger partial charge in [0, 0.05) is 0 Å². The fourth-order valence-corrected chi connectivity index (χ4v) is 4.26. The number of rotatable bonds is 7. The maximum Gasteiger partial charge on any atom is -0.00176 e. The summed E-state index contributed by atoms with van der Waals surface area (Å²) in [5, 5.41) is 8.26. The van der Waals surface area contributed by atoms with Crippen molar-refractivity contribution in [2.24, 2.45) is 23.7 Å². The van der Waals surface area contributed by atoms with Crippen LogP contribution in [0.3, 0.4) is 0 Å². The molecule has 0 bridgehead atoms. The fourth-order valence-electron chi connectivity index (χ4n) is 3.58. The molecule has 1 aromatic rings. The molecule has 0 aliphatic heterocycles. The zero-order chi connectivity index (χ0) is 14.4. The first-order valence-corrected chi connectivity index (χ1v) is 9.35. The number of nitrogens with one attached hydrogen (secondary N) is 1. The highest BCUT2D eigenvalue weighted by Gasteiger charge is 2.29.